The predicted octanol–water partition coefficient (Wildman–Crippen LogP) is 5.83. The summed E-state index contributed by atoms with van der Waals surface area (Å²) in [5.74, 6) is -0.533. The van der Waals surface area contributed by atoms with Crippen molar-refractivity contribution in [3.63, 3.8) is 0 Å². The highest BCUT2D eigenvalue weighted by Gasteiger charge is 2.36. The molecule has 40 heavy (non-hydrogen) atoms. The number of carbonyl (C=O) groups is 2. The summed E-state index contributed by atoms with van der Waals surface area (Å²) in [6, 6.07) is 17.7. The first kappa shape index (κ1) is 29.1. The molecule has 0 saturated heterocycles. The second-order valence-corrected chi connectivity index (χ2v) is 9.43. The average molecular weight is 574 g/mol. The number of hydrogen-bond acceptors (Lipinski definition) is 5. The van der Waals surface area contributed by atoms with Crippen LogP contribution in [0.25, 0.3) is 0 Å². The molecule has 0 radical (unpaired) electrons. The molecule has 0 bridgehead atoms. The van der Waals surface area contributed by atoms with Gasteiger partial charge in [0, 0.05) is 41.8 Å². The molecule has 3 aromatic rings. The molecule has 11 heteroatoms. The summed E-state index contributed by atoms with van der Waals surface area (Å²) in [6.45, 7) is -0.228. The Balaban J connectivity index is 1.65. The lowest BCUT2D eigenvalue weighted by atomic mass is 9.97. The minimum atomic E-state index is -4.53. The molecule has 0 aliphatic carbocycles. The molecule has 3 aromatic carbocycles. The van der Waals surface area contributed by atoms with Crippen LogP contribution in [-0.2, 0) is 15.7 Å². The third-order valence-corrected chi connectivity index (χ3v) is 6.82. The summed E-state index contributed by atoms with van der Waals surface area (Å²) < 4.78 is 49.7. The van der Waals surface area contributed by atoms with Gasteiger partial charge in [-0.05, 0) is 36.4 Å². The fourth-order valence-corrected chi connectivity index (χ4v) is 4.70. The van der Waals surface area contributed by atoms with E-state index < -0.39 is 29.6 Å². The van der Waals surface area contributed by atoms with Crippen LogP contribution in [-0.4, -0.2) is 61.4 Å². The summed E-state index contributed by atoms with van der Waals surface area (Å²) in [5, 5.41) is 6.42. The van der Waals surface area contributed by atoms with Gasteiger partial charge in [-0.3, -0.25) is 9.59 Å². The van der Waals surface area contributed by atoms with Crippen LogP contribution in [0, 0.1) is 0 Å². The number of alkyl halides is 3. The topological polar surface area (TPSA) is 71.4 Å². The van der Waals surface area contributed by atoms with Crippen molar-refractivity contribution in [3.8, 4) is 5.75 Å². The number of nitrogens with zero attached hydrogens (tertiary/aromatic N) is 3. The maximum atomic E-state index is 13.7. The average Bonchev–Trinajstić information content (AvgIpc) is 3.40. The molecule has 1 heterocycles. The van der Waals surface area contributed by atoms with Gasteiger partial charge in [0.15, 0.2) is 0 Å². The lowest BCUT2D eigenvalue weighted by molar-refractivity contribution is -0.137. The van der Waals surface area contributed by atoms with Crippen LogP contribution in [0.15, 0.2) is 77.9 Å². The Kier molecular flexibility index (Phi) is 9.11. The van der Waals surface area contributed by atoms with Crippen molar-refractivity contribution in [2.45, 2.75) is 18.6 Å². The Hall–Kier alpha value is -3.89. The van der Waals surface area contributed by atoms with Crippen LogP contribution < -0.4 is 4.74 Å². The smallest absolute Gasteiger partial charge is 0.416 e. The van der Waals surface area contributed by atoms with E-state index in [1.54, 1.807) is 18.2 Å². The molecule has 0 N–H and O–H groups in total. The van der Waals surface area contributed by atoms with Gasteiger partial charge in [0.1, 0.15) is 12.3 Å². The number of hydrazone groups is 1. The highest BCUT2D eigenvalue weighted by atomic mass is 35.5. The van der Waals surface area contributed by atoms with Crippen LogP contribution in [0.4, 0.5) is 13.2 Å². The van der Waals surface area contributed by atoms with Crippen LogP contribution in [0.5, 0.6) is 5.75 Å². The van der Waals surface area contributed by atoms with Crippen molar-refractivity contribution in [2.24, 2.45) is 5.10 Å². The summed E-state index contributed by atoms with van der Waals surface area (Å²) in [5.41, 5.74) is 1.13. The van der Waals surface area contributed by atoms with Crippen molar-refractivity contribution in [1.29, 1.82) is 0 Å². The Labute approximate surface area is 234 Å². The molecule has 1 aliphatic rings. The van der Waals surface area contributed by atoms with Gasteiger partial charge in [-0.15, -0.1) is 0 Å². The number of amides is 2. The lowest BCUT2D eigenvalue weighted by Gasteiger charge is -2.27. The Morgan fingerprint density at radius 3 is 2.35 bits per heavy atom. The predicted molar refractivity (Wildman–Crippen MR) is 144 cm³/mol. The first-order valence-corrected chi connectivity index (χ1v) is 12.7. The normalized spacial score (nSPS) is 15.1. The number of benzene rings is 3. The van der Waals surface area contributed by atoms with E-state index in [4.69, 9.17) is 21.1 Å². The molecule has 2 amide bonds. The number of ether oxygens (including phenoxy) is 2. The summed E-state index contributed by atoms with van der Waals surface area (Å²) in [7, 11) is 2.98. The summed E-state index contributed by atoms with van der Waals surface area (Å²) in [6.07, 6.45) is -4.19. The Bertz CT molecular complexity index is 1400. The van der Waals surface area contributed by atoms with E-state index in [-0.39, 0.29) is 25.3 Å². The van der Waals surface area contributed by atoms with Crippen molar-refractivity contribution in [3.05, 3.63) is 100 Å². The van der Waals surface area contributed by atoms with Crippen molar-refractivity contribution < 1.29 is 32.2 Å². The van der Waals surface area contributed by atoms with Gasteiger partial charge in [-0.1, -0.05) is 48.0 Å². The van der Waals surface area contributed by atoms with E-state index in [0.29, 0.717) is 28.5 Å². The monoisotopic (exact) mass is 573 g/mol. The van der Waals surface area contributed by atoms with Crippen molar-refractivity contribution in [1.82, 2.24) is 9.91 Å². The highest BCUT2D eigenvalue weighted by molar-refractivity contribution is 6.34. The minimum Gasteiger partial charge on any atom is -0.496 e. The molecule has 1 aliphatic heterocycles. The molecule has 0 saturated carbocycles. The number of carbonyl (C=O) groups excluding carboxylic acids is 2. The second kappa shape index (κ2) is 12.5. The fraction of sp³-hybridized carbons (Fsp3) is 0.276. The number of para-hydroxylation sites is 1. The first-order valence-electron chi connectivity index (χ1n) is 12.4. The van der Waals surface area contributed by atoms with Gasteiger partial charge in [0.2, 0.25) is 0 Å². The zero-order valence-electron chi connectivity index (χ0n) is 21.8. The van der Waals surface area contributed by atoms with Crippen LogP contribution in [0.1, 0.15) is 39.5 Å². The number of hydrogen-bond donors (Lipinski definition) is 0. The van der Waals surface area contributed by atoms with Gasteiger partial charge >= 0.3 is 6.18 Å². The number of rotatable bonds is 9. The zero-order chi connectivity index (χ0) is 28.9. The van der Waals surface area contributed by atoms with E-state index in [1.807, 2.05) is 30.3 Å². The Morgan fingerprint density at radius 2 is 1.70 bits per heavy atom. The second-order valence-electron chi connectivity index (χ2n) is 9.02. The van der Waals surface area contributed by atoms with Gasteiger partial charge < -0.3 is 14.4 Å². The number of methoxy groups -OCH3 is 2. The SMILES string of the molecule is COCCN(CC(=O)N1N=C(c2ccccc2Cl)CC1c1ccccc1OC)C(=O)c1ccc(C(F)(F)F)cc1. The summed E-state index contributed by atoms with van der Waals surface area (Å²) >= 11 is 6.43. The molecule has 0 spiro atoms. The highest BCUT2D eigenvalue weighted by Crippen LogP contribution is 2.38. The van der Waals surface area contributed by atoms with E-state index in [1.165, 1.54) is 24.1 Å². The molecule has 210 valence electrons. The van der Waals surface area contributed by atoms with Gasteiger partial charge in [0.25, 0.3) is 11.8 Å². The largest absolute Gasteiger partial charge is 0.496 e. The molecule has 1 atom stereocenters. The van der Waals surface area contributed by atoms with E-state index in [9.17, 15) is 22.8 Å². The Morgan fingerprint density at radius 1 is 1.02 bits per heavy atom. The van der Waals surface area contributed by atoms with Crippen LogP contribution >= 0.6 is 11.6 Å². The molecule has 0 aromatic heterocycles. The van der Waals surface area contributed by atoms with E-state index in [2.05, 4.69) is 5.10 Å². The third kappa shape index (κ3) is 6.46. The van der Waals surface area contributed by atoms with Crippen molar-refractivity contribution in [2.75, 3.05) is 33.9 Å². The molecular weight excluding hydrogens is 547 g/mol. The van der Waals surface area contributed by atoms with E-state index in [0.717, 1.165) is 29.8 Å². The van der Waals surface area contributed by atoms with Crippen LogP contribution in [0.3, 0.4) is 0 Å². The molecule has 7 nitrogen and oxygen atoms in total. The lowest BCUT2D eigenvalue weighted by Crippen LogP contribution is -2.42. The molecule has 0 fully saturated rings. The molecular formula is C29H27ClF3N3O4. The molecule has 1 unspecified atom stereocenters. The third-order valence-electron chi connectivity index (χ3n) is 6.49. The van der Waals surface area contributed by atoms with Gasteiger partial charge in [0.05, 0.1) is 31.0 Å². The van der Waals surface area contributed by atoms with Crippen molar-refractivity contribution >= 4 is 29.1 Å². The quantitative estimate of drug-likeness (QED) is 0.323. The first-order chi connectivity index (χ1) is 19.1. The minimum absolute atomic E-state index is 0.0138. The van der Waals surface area contributed by atoms with Crippen LogP contribution in [0.2, 0.25) is 5.02 Å². The molecule has 4 rings (SSSR count). The fourth-order valence-electron chi connectivity index (χ4n) is 4.46. The van der Waals surface area contributed by atoms with Gasteiger partial charge in [-0.25, -0.2) is 5.01 Å². The maximum absolute atomic E-state index is 13.7. The standard InChI is InChI=1S/C29H27ClF3N3O4/c1-39-16-15-35(28(38)19-11-13-20(14-12-19)29(31,32)33)18-27(37)36-25(22-8-4-6-10-26(22)40-2)17-24(34-36)21-7-3-5-9-23(21)30/h3-14,25H,15-18H2,1-2H3. The number of halogens is 4. The maximum Gasteiger partial charge on any atom is 0.416 e. The van der Waals surface area contributed by atoms with E-state index >= 15 is 0 Å². The summed E-state index contributed by atoms with van der Waals surface area (Å²) in [4.78, 5) is 28.3. The zero-order valence-corrected chi connectivity index (χ0v) is 22.6. The van der Waals surface area contributed by atoms with Gasteiger partial charge in [-0.2, -0.15) is 18.3 Å².